The molecule has 1 aromatic heterocycles. The normalized spacial score (nSPS) is 13.8. The monoisotopic (exact) mass is 311 g/mol. The summed E-state index contributed by atoms with van der Waals surface area (Å²) >= 11 is 1.06. The van der Waals surface area contributed by atoms with Crippen molar-refractivity contribution in [2.24, 2.45) is 0 Å². The standard InChI is InChI=1S/C13H17N3O4S/c1-3-20-12(18)10-7(2)14-13(19)16-11(10)21-6-9(17)15-8-4-5-8/h8H,3-6H2,1-2H3,(H,15,17)(H,14,16,19). The number of nitrogens with zero attached hydrogens (tertiary/aromatic N) is 1. The summed E-state index contributed by atoms with van der Waals surface area (Å²) in [5.74, 6) is -0.570. The molecule has 1 aromatic rings. The Morgan fingerprint density at radius 2 is 2.19 bits per heavy atom. The SMILES string of the molecule is CCOC(=O)c1c(SCC(=O)NC2CC2)nc(=O)[nH]c1C. The smallest absolute Gasteiger partial charge is 0.346 e. The molecule has 0 unspecified atom stereocenters. The fourth-order valence-electron chi connectivity index (χ4n) is 1.74. The summed E-state index contributed by atoms with van der Waals surface area (Å²) in [5.41, 5.74) is 0.0462. The molecule has 0 aromatic carbocycles. The third-order valence-electron chi connectivity index (χ3n) is 2.85. The van der Waals surface area contributed by atoms with Crippen LogP contribution in [0, 0.1) is 6.92 Å². The minimum atomic E-state index is -0.552. The third-order valence-corrected chi connectivity index (χ3v) is 3.82. The highest BCUT2D eigenvalue weighted by atomic mass is 32.2. The number of aromatic amines is 1. The van der Waals surface area contributed by atoms with Crippen molar-refractivity contribution in [3.8, 4) is 0 Å². The molecule has 2 rings (SSSR count). The van der Waals surface area contributed by atoms with Crippen molar-refractivity contribution in [2.45, 2.75) is 37.8 Å². The first-order chi connectivity index (χ1) is 10.0. The lowest BCUT2D eigenvalue weighted by molar-refractivity contribution is -0.118. The Labute approximate surface area is 125 Å². The van der Waals surface area contributed by atoms with Gasteiger partial charge in [-0.15, -0.1) is 0 Å². The van der Waals surface area contributed by atoms with Crippen molar-refractivity contribution in [3.05, 3.63) is 21.7 Å². The summed E-state index contributed by atoms with van der Waals surface area (Å²) < 4.78 is 4.96. The molecule has 0 saturated heterocycles. The number of H-pyrrole nitrogens is 1. The molecular weight excluding hydrogens is 294 g/mol. The number of carbonyl (C=O) groups excluding carboxylic acids is 2. The number of ether oxygens (including phenoxy) is 1. The lowest BCUT2D eigenvalue weighted by Crippen LogP contribution is -2.27. The van der Waals surface area contributed by atoms with Gasteiger partial charge in [-0.3, -0.25) is 4.79 Å². The van der Waals surface area contributed by atoms with Gasteiger partial charge in [0.25, 0.3) is 0 Å². The number of thioether (sulfide) groups is 1. The van der Waals surface area contributed by atoms with E-state index in [4.69, 9.17) is 4.74 Å². The van der Waals surface area contributed by atoms with Crippen molar-refractivity contribution in [2.75, 3.05) is 12.4 Å². The number of rotatable bonds is 6. The van der Waals surface area contributed by atoms with E-state index in [-0.39, 0.29) is 34.9 Å². The zero-order valence-corrected chi connectivity index (χ0v) is 12.7. The van der Waals surface area contributed by atoms with Gasteiger partial charge in [0.05, 0.1) is 12.4 Å². The van der Waals surface area contributed by atoms with Crippen LogP contribution in [0.3, 0.4) is 0 Å². The van der Waals surface area contributed by atoms with Gasteiger partial charge in [-0.25, -0.2) is 9.59 Å². The molecule has 114 valence electrons. The van der Waals surface area contributed by atoms with Crippen LogP contribution >= 0.6 is 11.8 Å². The van der Waals surface area contributed by atoms with Crippen molar-refractivity contribution in [1.82, 2.24) is 15.3 Å². The number of aryl methyl sites for hydroxylation is 1. The second kappa shape index (κ2) is 6.75. The Morgan fingerprint density at radius 3 is 2.81 bits per heavy atom. The van der Waals surface area contributed by atoms with Crippen molar-refractivity contribution in [1.29, 1.82) is 0 Å². The van der Waals surface area contributed by atoms with Gasteiger partial charge in [0.1, 0.15) is 10.6 Å². The molecule has 1 aliphatic carbocycles. The van der Waals surface area contributed by atoms with Crippen LogP contribution in [0.15, 0.2) is 9.82 Å². The first kappa shape index (κ1) is 15.6. The lowest BCUT2D eigenvalue weighted by Gasteiger charge is -2.09. The summed E-state index contributed by atoms with van der Waals surface area (Å²) in [6.45, 7) is 3.52. The second-order valence-corrected chi connectivity index (χ2v) is 5.66. The quantitative estimate of drug-likeness (QED) is 0.454. The highest BCUT2D eigenvalue weighted by Gasteiger charge is 2.24. The number of nitrogens with one attached hydrogen (secondary N) is 2. The lowest BCUT2D eigenvalue weighted by atomic mass is 10.2. The van der Waals surface area contributed by atoms with Gasteiger partial charge in [-0.1, -0.05) is 11.8 Å². The maximum atomic E-state index is 11.9. The molecule has 1 amide bonds. The van der Waals surface area contributed by atoms with Gasteiger partial charge in [0.15, 0.2) is 0 Å². The predicted molar refractivity (Wildman–Crippen MR) is 77.4 cm³/mol. The predicted octanol–water partition coefficient (Wildman–Crippen LogP) is 0.626. The molecule has 0 atom stereocenters. The summed E-state index contributed by atoms with van der Waals surface area (Å²) in [6, 6.07) is 0.275. The van der Waals surface area contributed by atoms with E-state index in [1.54, 1.807) is 13.8 Å². The summed E-state index contributed by atoms with van der Waals surface area (Å²) in [4.78, 5) is 41.3. The summed E-state index contributed by atoms with van der Waals surface area (Å²) in [7, 11) is 0. The molecule has 7 nitrogen and oxygen atoms in total. The van der Waals surface area contributed by atoms with Crippen LogP contribution < -0.4 is 11.0 Å². The summed E-state index contributed by atoms with van der Waals surface area (Å²) in [6.07, 6.45) is 2.01. The molecule has 1 aliphatic rings. The number of amides is 1. The third kappa shape index (κ3) is 4.32. The molecule has 1 fully saturated rings. The van der Waals surface area contributed by atoms with Crippen molar-refractivity contribution >= 4 is 23.6 Å². The molecule has 21 heavy (non-hydrogen) atoms. The van der Waals surface area contributed by atoms with Crippen LogP contribution in [0.5, 0.6) is 0 Å². The van der Waals surface area contributed by atoms with Gasteiger partial charge in [-0.2, -0.15) is 4.98 Å². The zero-order chi connectivity index (χ0) is 15.4. The molecule has 0 aliphatic heterocycles. The first-order valence-corrected chi connectivity index (χ1v) is 7.70. The number of esters is 1. The van der Waals surface area contributed by atoms with Crippen LogP contribution in [-0.4, -0.2) is 40.2 Å². The van der Waals surface area contributed by atoms with Crippen LogP contribution in [0.1, 0.15) is 35.8 Å². The van der Waals surface area contributed by atoms with Gasteiger partial charge < -0.3 is 15.0 Å². The molecule has 0 radical (unpaired) electrons. The van der Waals surface area contributed by atoms with Gasteiger partial charge >= 0.3 is 11.7 Å². The number of hydrogen-bond acceptors (Lipinski definition) is 6. The first-order valence-electron chi connectivity index (χ1n) is 6.71. The Morgan fingerprint density at radius 1 is 1.48 bits per heavy atom. The topological polar surface area (TPSA) is 101 Å². The van der Waals surface area contributed by atoms with E-state index in [1.807, 2.05) is 0 Å². The second-order valence-electron chi connectivity index (χ2n) is 4.70. The van der Waals surface area contributed by atoms with Gasteiger partial charge in [-0.05, 0) is 26.7 Å². The highest BCUT2D eigenvalue weighted by Crippen LogP contribution is 2.23. The zero-order valence-electron chi connectivity index (χ0n) is 11.9. The van der Waals surface area contributed by atoms with Crippen molar-refractivity contribution in [3.63, 3.8) is 0 Å². The fourth-order valence-corrected chi connectivity index (χ4v) is 2.62. The van der Waals surface area contributed by atoms with Gasteiger partial charge in [0, 0.05) is 11.7 Å². The Balaban J connectivity index is 2.13. The average Bonchev–Trinajstić information content (AvgIpc) is 3.19. The van der Waals surface area contributed by atoms with E-state index in [9.17, 15) is 14.4 Å². The van der Waals surface area contributed by atoms with E-state index in [2.05, 4.69) is 15.3 Å². The van der Waals surface area contributed by atoms with Crippen LogP contribution in [0.2, 0.25) is 0 Å². The molecule has 0 bridgehead atoms. The number of hydrogen-bond donors (Lipinski definition) is 2. The highest BCUT2D eigenvalue weighted by molar-refractivity contribution is 8.00. The van der Waals surface area contributed by atoms with E-state index >= 15 is 0 Å². The van der Waals surface area contributed by atoms with Crippen LogP contribution in [0.4, 0.5) is 0 Å². The molecule has 0 spiro atoms. The molecular formula is C13H17N3O4S. The Bertz CT molecular complexity index is 610. The van der Waals surface area contributed by atoms with Gasteiger partial charge in [0.2, 0.25) is 5.91 Å². The van der Waals surface area contributed by atoms with E-state index in [0.717, 1.165) is 24.6 Å². The minimum absolute atomic E-state index is 0.110. The van der Waals surface area contributed by atoms with Crippen LogP contribution in [-0.2, 0) is 9.53 Å². The maximum absolute atomic E-state index is 11.9. The Hall–Kier alpha value is -1.83. The number of aromatic nitrogens is 2. The van der Waals surface area contributed by atoms with E-state index in [1.165, 1.54) is 0 Å². The summed E-state index contributed by atoms with van der Waals surface area (Å²) in [5, 5.41) is 3.06. The van der Waals surface area contributed by atoms with E-state index in [0.29, 0.717) is 5.69 Å². The fraction of sp³-hybridized carbons (Fsp3) is 0.538. The largest absolute Gasteiger partial charge is 0.462 e. The minimum Gasteiger partial charge on any atom is -0.462 e. The molecule has 1 heterocycles. The molecule has 1 saturated carbocycles. The molecule has 2 N–H and O–H groups in total. The number of carbonyl (C=O) groups is 2. The Kier molecular flexibility index (Phi) is 5.00. The average molecular weight is 311 g/mol. The van der Waals surface area contributed by atoms with Crippen molar-refractivity contribution < 1.29 is 14.3 Å². The van der Waals surface area contributed by atoms with E-state index < -0.39 is 11.7 Å². The maximum Gasteiger partial charge on any atom is 0.346 e. The van der Waals surface area contributed by atoms with Crippen LogP contribution in [0.25, 0.3) is 0 Å². The molecule has 8 heteroatoms.